The highest BCUT2D eigenvalue weighted by atomic mass is 19.3. The number of halogens is 2. The monoisotopic (exact) mass is 218 g/mol. The summed E-state index contributed by atoms with van der Waals surface area (Å²) < 4.78 is 25.4. The van der Waals surface area contributed by atoms with Gasteiger partial charge in [-0.15, -0.1) is 5.10 Å². The van der Waals surface area contributed by atoms with E-state index in [1.807, 2.05) is 20.8 Å². The number of hydrogen-bond acceptors (Lipinski definition) is 3. The Morgan fingerprint density at radius 1 is 1.47 bits per heavy atom. The molecule has 1 aromatic rings. The molecule has 4 nitrogen and oxygen atoms in total. The molecule has 0 amide bonds. The lowest BCUT2D eigenvalue weighted by molar-refractivity contribution is 0.145. The molecule has 6 heteroatoms. The Labute approximate surface area is 87.7 Å². The largest absolute Gasteiger partial charge is 0.306 e. The van der Waals surface area contributed by atoms with Crippen LogP contribution in [0.1, 0.15) is 26.5 Å². The molecule has 0 aliphatic heterocycles. The van der Waals surface area contributed by atoms with Crippen molar-refractivity contribution >= 4 is 0 Å². The normalized spacial score (nSPS) is 12.4. The minimum atomic E-state index is -2.33. The molecular weight excluding hydrogens is 202 g/mol. The summed E-state index contributed by atoms with van der Waals surface area (Å²) in [7, 11) is 0. The van der Waals surface area contributed by atoms with Gasteiger partial charge in [0.1, 0.15) is 0 Å². The zero-order valence-corrected chi connectivity index (χ0v) is 9.17. The Balaban J connectivity index is 2.47. The average molecular weight is 218 g/mol. The molecule has 15 heavy (non-hydrogen) atoms. The van der Waals surface area contributed by atoms with Crippen LogP contribution >= 0.6 is 0 Å². The van der Waals surface area contributed by atoms with Crippen molar-refractivity contribution in [1.82, 2.24) is 20.3 Å². The second kappa shape index (κ2) is 4.65. The Bertz CT molecular complexity index is 303. The summed E-state index contributed by atoms with van der Waals surface area (Å²) >= 11 is 0. The summed E-state index contributed by atoms with van der Waals surface area (Å²) in [6.45, 7) is 6.00. The van der Waals surface area contributed by atoms with Gasteiger partial charge in [0, 0.05) is 6.54 Å². The van der Waals surface area contributed by atoms with Crippen molar-refractivity contribution in [2.75, 3.05) is 6.54 Å². The van der Waals surface area contributed by atoms with Crippen LogP contribution in [0.15, 0.2) is 6.20 Å². The predicted molar refractivity (Wildman–Crippen MR) is 52.7 cm³/mol. The van der Waals surface area contributed by atoms with Gasteiger partial charge in [0.15, 0.2) is 0 Å². The molecule has 1 heterocycles. The zero-order chi connectivity index (χ0) is 11.5. The topological polar surface area (TPSA) is 42.7 Å². The lowest BCUT2D eigenvalue weighted by atomic mass is 10.1. The van der Waals surface area contributed by atoms with Gasteiger partial charge < -0.3 is 5.32 Å². The fourth-order valence-electron chi connectivity index (χ4n) is 1.02. The van der Waals surface area contributed by atoms with Crippen LogP contribution in [0.25, 0.3) is 0 Å². The van der Waals surface area contributed by atoms with Crippen LogP contribution in [0.5, 0.6) is 0 Å². The standard InChI is InChI=1S/C9H16F2N4/c1-9(2,3)15-6-7(13-14-15)4-12-5-8(10)11/h6,8,12H,4-5H2,1-3H3. The minimum absolute atomic E-state index is 0.131. The van der Waals surface area contributed by atoms with E-state index in [1.54, 1.807) is 10.9 Å². The third-order valence-electron chi connectivity index (χ3n) is 1.83. The lowest BCUT2D eigenvalue weighted by Gasteiger charge is -2.17. The first-order valence-corrected chi connectivity index (χ1v) is 4.80. The van der Waals surface area contributed by atoms with Crippen molar-refractivity contribution < 1.29 is 8.78 Å². The molecule has 0 atom stereocenters. The maximum atomic E-state index is 11.8. The van der Waals surface area contributed by atoms with E-state index in [-0.39, 0.29) is 12.1 Å². The van der Waals surface area contributed by atoms with E-state index in [1.165, 1.54) is 0 Å². The molecule has 0 spiro atoms. The van der Waals surface area contributed by atoms with Gasteiger partial charge in [-0.1, -0.05) is 5.21 Å². The first-order valence-electron chi connectivity index (χ1n) is 4.80. The van der Waals surface area contributed by atoms with Gasteiger partial charge >= 0.3 is 0 Å². The highest BCUT2D eigenvalue weighted by Crippen LogP contribution is 2.11. The summed E-state index contributed by atoms with van der Waals surface area (Å²) in [5, 5.41) is 10.4. The number of hydrogen-bond donors (Lipinski definition) is 1. The van der Waals surface area contributed by atoms with E-state index < -0.39 is 6.43 Å². The van der Waals surface area contributed by atoms with E-state index in [0.717, 1.165) is 0 Å². The molecule has 0 saturated heterocycles. The summed E-state index contributed by atoms with van der Waals surface area (Å²) in [6, 6.07) is 0. The van der Waals surface area contributed by atoms with Gasteiger partial charge in [0.25, 0.3) is 6.43 Å². The fraction of sp³-hybridized carbons (Fsp3) is 0.778. The van der Waals surface area contributed by atoms with Gasteiger partial charge in [0.2, 0.25) is 0 Å². The molecule has 1 aromatic heterocycles. The van der Waals surface area contributed by atoms with Crippen LogP contribution in [0.3, 0.4) is 0 Å². The number of aromatic nitrogens is 3. The van der Waals surface area contributed by atoms with Crippen LogP contribution < -0.4 is 5.32 Å². The Morgan fingerprint density at radius 2 is 2.13 bits per heavy atom. The Hall–Kier alpha value is -1.04. The van der Waals surface area contributed by atoms with Gasteiger partial charge in [0.05, 0.1) is 24.0 Å². The summed E-state index contributed by atoms with van der Waals surface area (Å²) in [4.78, 5) is 0. The van der Waals surface area contributed by atoms with Crippen molar-refractivity contribution in [3.63, 3.8) is 0 Å². The summed E-state index contributed by atoms with van der Waals surface area (Å²) in [5.41, 5.74) is 0.541. The molecule has 1 N–H and O–H groups in total. The van der Waals surface area contributed by atoms with Crippen molar-refractivity contribution in [1.29, 1.82) is 0 Å². The van der Waals surface area contributed by atoms with Crippen molar-refractivity contribution in [3.8, 4) is 0 Å². The first kappa shape index (κ1) is 12.0. The number of alkyl halides is 2. The summed E-state index contributed by atoms with van der Waals surface area (Å²) in [5.74, 6) is 0. The predicted octanol–water partition coefficient (Wildman–Crippen LogP) is 1.39. The third-order valence-corrected chi connectivity index (χ3v) is 1.83. The van der Waals surface area contributed by atoms with E-state index >= 15 is 0 Å². The molecule has 0 radical (unpaired) electrons. The fourth-order valence-corrected chi connectivity index (χ4v) is 1.02. The lowest BCUT2D eigenvalue weighted by Crippen LogP contribution is -2.22. The second-order valence-corrected chi connectivity index (χ2v) is 4.35. The molecule has 1 rings (SSSR count). The molecule has 0 fully saturated rings. The van der Waals surface area contributed by atoms with Crippen molar-refractivity contribution in [2.24, 2.45) is 0 Å². The molecule has 0 aliphatic carbocycles. The van der Waals surface area contributed by atoms with Crippen LogP contribution in [0.2, 0.25) is 0 Å². The smallest absolute Gasteiger partial charge is 0.250 e. The van der Waals surface area contributed by atoms with Gasteiger partial charge in [-0.25, -0.2) is 13.5 Å². The van der Waals surface area contributed by atoms with E-state index in [4.69, 9.17) is 0 Å². The van der Waals surface area contributed by atoms with Crippen LogP contribution in [0.4, 0.5) is 8.78 Å². The molecular formula is C9H16F2N4. The van der Waals surface area contributed by atoms with Crippen LogP contribution in [-0.2, 0) is 12.1 Å². The number of nitrogens with one attached hydrogen (secondary N) is 1. The summed E-state index contributed by atoms with van der Waals surface area (Å²) in [6.07, 6.45) is -0.568. The Morgan fingerprint density at radius 3 is 2.60 bits per heavy atom. The van der Waals surface area contributed by atoms with Gasteiger partial charge in [-0.05, 0) is 20.8 Å². The SMILES string of the molecule is CC(C)(C)n1cc(CNCC(F)F)nn1. The van der Waals surface area contributed by atoms with Gasteiger partial charge in [-0.3, -0.25) is 0 Å². The van der Waals surface area contributed by atoms with Crippen LogP contribution in [-0.4, -0.2) is 28.0 Å². The van der Waals surface area contributed by atoms with E-state index in [0.29, 0.717) is 12.2 Å². The maximum absolute atomic E-state index is 11.8. The maximum Gasteiger partial charge on any atom is 0.250 e. The molecule has 0 saturated carbocycles. The minimum Gasteiger partial charge on any atom is -0.306 e. The van der Waals surface area contributed by atoms with E-state index in [9.17, 15) is 8.78 Å². The van der Waals surface area contributed by atoms with E-state index in [2.05, 4.69) is 15.6 Å². The number of rotatable bonds is 4. The first-order chi connectivity index (χ1) is 6.89. The highest BCUT2D eigenvalue weighted by Gasteiger charge is 2.14. The number of nitrogens with zero attached hydrogens (tertiary/aromatic N) is 3. The molecule has 0 aromatic carbocycles. The highest BCUT2D eigenvalue weighted by molar-refractivity contribution is 4.93. The molecule has 0 unspecified atom stereocenters. The molecule has 0 aliphatic rings. The zero-order valence-electron chi connectivity index (χ0n) is 9.17. The average Bonchev–Trinajstić information content (AvgIpc) is 2.51. The Kier molecular flexibility index (Phi) is 3.73. The van der Waals surface area contributed by atoms with Crippen molar-refractivity contribution in [3.05, 3.63) is 11.9 Å². The van der Waals surface area contributed by atoms with Crippen LogP contribution in [0, 0.1) is 0 Å². The second-order valence-electron chi connectivity index (χ2n) is 4.35. The molecule has 86 valence electrons. The molecule has 0 bridgehead atoms. The van der Waals surface area contributed by atoms with Gasteiger partial charge in [-0.2, -0.15) is 0 Å². The quantitative estimate of drug-likeness (QED) is 0.830. The van der Waals surface area contributed by atoms with Crippen molar-refractivity contribution in [2.45, 2.75) is 39.3 Å². The third kappa shape index (κ3) is 3.91.